The summed E-state index contributed by atoms with van der Waals surface area (Å²) >= 11 is 2.17. The van der Waals surface area contributed by atoms with E-state index in [-0.39, 0.29) is 5.91 Å². The third-order valence-corrected chi connectivity index (χ3v) is 3.29. The van der Waals surface area contributed by atoms with E-state index in [2.05, 4.69) is 32.9 Å². The Balaban J connectivity index is 2.27. The molecule has 0 spiro atoms. The third-order valence-electron chi connectivity index (χ3n) is 2.39. The monoisotopic (exact) mass is 338 g/mol. The summed E-state index contributed by atoms with van der Waals surface area (Å²) in [6, 6.07) is 9.34. The van der Waals surface area contributed by atoms with Crippen molar-refractivity contribution in [2.75, 3.05) is 5.32 Å². The van der Waals surface area contributed by atoms with Crippen molar-refractivity contribution in [1.82, 2.24) is 4.98 Å². The first-order chi connectivity index (χ1) is 8.18. The van der Waals surface area contributed by atoms with Gasteiger partial charge < -0.3 is 5.32 Å². The van der Waals surface area contributed by atoms with Gasteiger partial charge in [-0.2, -0.15) is 0 Å². The maximum Gasteiger partial charge on any atom is 0.257 e. The van der Waals surface area contributed by atoms with E-state index in [4.69, 9.17) is 0 Å². The number of benzene rings is 1. The molecule has 0 fully saturated rings. The van der Waals surface area contributed by atoms with Crippen LogP contribution in [0.15, 0.2) is 42.7 Å². The molecule has 2 aromatic rings. The van der Waals surface area contributed by atoms with Crippen molar-refractivity contribution >= 4 is 34.2 Å². The number of rotatable bonds is 2. The van der Waals surface area contributed by atoms with Crippen LogP contribution in [-0.4, -0.2) is 10.9 Å². The second kappa shape index (κ2) is 5.27. The Bertz CT molecular complexity index is 520. The van der Waals surface area contributed by atoms with Crippen LogP contribution in [0.1, 0.15) is 15.9 Å². The number of hydrogen-bond acceptors (Lipinski definition) is 2. The normalized spacial score (nSPS) is 10.0. The van der Waals surface area contributed by atoms with E-state index in [0.29, 0.717) is 0 Å². The van der Waals surface area contributed by atoms with Gasteiger partial charge in [0, 0.05) is 21.7 Å². The van der Waals surface area contributed by atoms with E-state index in [1.54, 1.807) is 24.5 Å². The van der Waals surface area contributed by atoms with Gasteiger partial charge in [0.2, 0.25) is 0 Å². The first-order valence-electron chi connectivity index (χ1n) is 5.15. The number of aromatic nitrogens is 1. The summed E-state index contributed by atoms with van der Waals surface area (Å²) in [4.78, 5) is 16.0. The molecular formula is C13H11IN2O. The van der Waals surface area contributed by atoms with Gasteiger partial charge in [0.1, 0.15) is 0 Å². The first-order valence-corrected chi connectivity index (χ1v) is 6.23. The fourth-order valence-corrected chi connectivity index (χ4v) is 2.43. The number of nitrogens with one attached hydrogen (secondary N) is 1. The number of hydrogen-bond donors (Lipinski definition) is 1. The van der Waals surface area contributed by atoms with Gasteiger partial charge >= 0.3 is 0 Å². The SMILES string of the molecule is Cc1cccc(I)c1C(=O)Nc1ccncc1. The fraction of sp³-hybridized carbons (Fsp3) is 0.0769. The standard InChI is InChI=1S/C13H11IN2O/c1-9-3-2-4-11(14)12(9)13(17)16-10-5-7-15-8-6-10/h2-8H,1H3,(H,15,16,17). The number of anilines is 1. The highest BCUT2D eigenvalue weighted by Crippen LogP contribution is 2.18. The van der Waals surface area contributed by atoms with Crippen molar-refractivity contribution in [3.8, 4) is 0 Å². The van der Waals surface area contributed by atoms with Gasteiger partial charge in [0.15, 0.2) is 0 Å². The second-order valence-corrected chi connectivity index (χ2v) is 4.78. The van der Waals surface area contributed by atoms with E-state index in [1.165, 1.54) is 0 Å². The van der Waals surface area contributed by atoms with Crippen LogP contribution in [0, 0.1) is 10.5 Å². The van der Waals surface area contributed by atoms with Crippen LogP contribution in [0.25, 0.3) is 0 Å². The highest BCUT2D eigenvalue weighted by atomic mass is 127. The Labute approximate surface area is 113 Å². The number of halogens is 1. The van der Waals surface area contributed by atoms with E-state index in [9.17, 15) is 4.79 Å². The van der Waals surface area contributed by atoms with Crippen LogP contribution < -0.4 is 5.32 Å². The predicted molar refractivity (Wildman–Crippen MR) is 76.1 cm³/mol. The molecule has 0 radical (unpaired) electrons. The van der Waals surface area contributed by atoms with E-state index >= 15 is 0 Å². The van der Waals surface area contributed by atoms with Gasteiger partial charge in [-0.05, 0) is 53.3 Å². The molecule has 2 rings (SSSR count). The first kappa shape index (κ1) is 12.0. The smallest absolute Gasteiger partial charge is 0.257 e. The molecule has 86 valence electrons. The minimum absolute atomic E-state index is 0.0845. The minimum atomic E-state index is -0.0845. The van der Waals surface area contributed by atoms with Gasteiger partial charge in [0.25, 0.3) is 5.91 Å². The van der Waals surface area contributed by atoms with Crippen LogP contribution in [0.4, 0.5) is 5.69 Å². The maximum absolute atomic E-state index is 12.1. The van der Waals surface area contributed by atoms with Crippen LogP contribution >= 0.6 is 22.6 Å². The zero-order valence-corrected chi connectivity index (χ0v) is 11.4. The van der Waals surface area contributed by atoms with Gasteiger partial charge in [0.05, 0.1) is 5.56 Å². The molecule has 0 bridgehead atoms. The summed E-state index contributed by atoms with van der Waals surface area (Å²) in [5.41, 5.74) is 2.46. The third kappa shape index (κ3) is 2.82. The van der Waals surface area contributed by atoms with Crippen molar-refractivity contribution < 1.29 is 4.79 Å². The van der Waals surface area contributed by atoms with E-state index in [1.807, 2.05) is 25.1 Å². The molecule has 1 N–H and O–H groups in total. The molecule has 1 amide bonds. The van der Waals surface area contributed by atoms with Crippen LogP contribution in [0.2, 0.25) is 0 Å². The summed E-state index contributed by atoms with van der Waals surface area (Å²) in [5, 5.41) is 2.86. The lowest BCUT2D eigenvalue weighted by molar-refractivity contribution is 0.102. The van der Waals surface area contributed by atoms with Crippen molar-refractivity contribution in [3.63, 3.8) is 0 Å². The molecule has 0 saturated carbocycles. The highest BCUT2D eigenvalue weighted by molar-refractivity contribution is 14.1. The average Bonchev–Trinajstić information content (AvgIpc) is 2.30. The van der Waals surface area contributed by atoms with E-state index < -0.39 is 0 Å². The largest absolute Gasteiger partial charge is 0.322 e. The molecule has 1 aromatic carbocycles. The molecule has 0 aliphatic rings. The van der Waals surface area contributed by atoms with Crippen LogP contribution in [0.5, 0.6) is 0 Å². The summed E-state index contributed by atoms with van der Waals surface area (Å²) in [6.07, 6.45) is 3.30. The lowest BCUT2D eigenvalue weighted by Gasteiger charge is -2.09. The van der Waals surface area contributed by atoms with Crippen LogP contribution in [0.3, 0.4) is 0 Å². The Morgan fingerprint density at radius 3 is 2.59 bits per heavy atom. The zero-order chi connectivity index (χ0) is 12.3. The molecule has 17 heavy (non-hydrogen) atoms. The maximum atomic E-state index is 12.1. The fourth-order valence-electron chi connectivity index (χ4n) is 1.55. The van der Waals surface area contributed by atoms with Crippen LogP contribution in [-0.2, 0) is 0 Å². The van der Waals surface area contributed by atoms with Gasteiger partial charge in [-0.25, -0.2) is 0 Å². The average molecular weight is 338 g/mol. The molecule has 4 heteroatoms. The summed E-state index contributed by atoms with van der Waals surface area (Å²) in [6.45, 7) is 1.93. The number of pyridine rings is 1. The molecule has 0 aliphatic carbocycles. The van der Waals surface area contributed by atoms with Gasteiger partial charge in [-0.3, -0.25) is 9.78 Å². The Morgan fingerprint density at radius 2 is 1.94 bits per heavy atom. The molecular weight excluding hydrogens is 327 g/mol. The van der Waals surface area contributed by atoms with Crippen molar-refractivity contribution in [2.45, 2.75) is 6.92 Å². The van der Waals surface area contributed by atoms with Gasteiger partial charge in [-0.15, -0.1) is 0 Å². The lowest BCUT2D eigenvalue weighted by atomic mass is 10.1. The molecule has 0 saturated heterocycles. The highest BCUT2D eigenvalue weighted by Gasteiger charge is 2.12. The number of amides is 1. The lowest BCUT2D eigenvalue weighted by Crippen LogP contribution is -2.14. The molecule has 0 unspecified atom stereocenters. The summed E-state index contributed by atoms with van der Waals surface area (Å²) in [5.74, 6) is -0.0845. The molecule has 0 atom stereocenters. The number of nitrogens with zero attached hydrogens (tertiary/aromatic N) is 1. The minimum Gasteiger partial charge on any atom is -0.322 e. The van der Waals surface area contributed by atoms with Crippen molar-refractivity contribution in [1.29, 1.82) is 0 Å². The molecule has 1 heterocycles. The number of carbonyl (C=O) groups is 1. The summed E-state index contributed by atoms with van der Waals surface area (Å²) < 4.78 is 0.953. The Kier molecular flexibility index (Phi) is 3.73. The number of aryl methyl sites for hydroxylation is 1. The van der Waals surface area contributed by atoms with Crippen molar-refractivity contribution in [3.05, 3.63) is 57.4 Å². The quantitative estimate of drug-likeness (QED) is 0.854. The predicted octanol–water partition coefficient (Wildman–Crippen LogP) is 3.25. The summed E-state index contributed by atoms with van der Waals surface area (Å²) in [7, 11) is 0. The Hall–Kier alpha value is -1.43. The molecule has 1 aromatic heterocycles. The second-order valence-electron chi connectivity index (χ2n) is 3.62. The topological polar surface area (TPSA) is 42.0 Å². The Morgan fingerprint density at radius 1 is 1.24 bits per heavy atom. The zero-order valence-electron chi connectivity index (χ0n) is 9.27. The van der Waals surface area contributed by atoms with Gasteiger partial charge in [-0.1, -0.05) is 12.1 Å². The van der Waals surface area contributed by atoms with Crippen molar-refractivity contribution in [2.24, 2.45) is 0 Å². The molecule has 0 aliphatic heterocycles. The number of carbonyl (C=O) groups excluding carboxylic acids is 1. The van der Waals surface area contributed by atoms with E-state index in [0.717, 1.165) is 20.4 Å². The molecule has 3 nitrogen and oxygen atoms in total.